The Morgan fingerprint density at radius 2 is 2.03 bits per heavy atom. The van der Waals surface area contributed by atoms with E-state index in [9.17, 15) is 10.2 Å². The fourth-order valence-corrected chi connectivity index (χ4v) is 6.16. The van der Waals surface area contributed by atoms with Gasteiger partial charge in [-0.05, 0) is 80.7 Å². The van der Waals surface area contributed by atoms with Crippen LogP contribution in [-0.4, -0.2) is 46.0 Å². The second-order valence-corrected chi connectivity index (χ2v) is 10.2. The molecule has 0 aliphatic heterocycles. The molecule has 2 aliphatic carbocycles. The first kappa shape index (κ1) is 22.9. The lowest BCUT2D eigenvalue weighted by atomic mass is 9.74. The number of nitrogens with two attached hydrogens (primary N) is 1. The summed E-state index contributed by atoms with van der Waals surface area (Å²) >= 11 is 0. The van der Waals surface area contributed by atoms with Gasteiger partial charge >= 0.3 is 0 Å². The third kappa shape index (κ3) is 4.57. The van der Waals surface area contributed by atoms with Gasteiger partial charge in [0.05, 0.1) is 11.2 Å². The molecule has 0 radical (unpaired) electrons. The number of aromatic amines is 1. The number of nitrogens with one attached hydrogen (secondary N) is 2. The number of guanidine groups is 1. The summed E-state index contributed by atoms with van der Waals surface area (Å²) in [6.07, 6.45) is 5.48. The highest BCUT2D eigenvalue weighted by Gasteiger charge is 2.54. The van der Waals surface area contributed by atoms with Crippen LogP contribution in [0.2, 0.25) is 0 Å². The van der Waals surface area contributed by atoms with Gasteiger partial charge < -0.3 is 26.2 Å². The fourth-order valence-electron chi connectivity index (χ4n) is 6.16. The summed E-state index contributed by atoms with van der Waals surface area (Å²) in [6, 6.07) is 10.5. The molecule has 1 heterocycles. The van der Waals surface area contributed by atoms with Gasteiger partial charge in [0.1, 0.15) is 0 Å². The van der Waals surface area contributed by atoms with Gasteiger partial charge in [-0.25, -0.2) is 0 Å². The van der Waals surface area contributed by atoms with E-state index >= 15 is 0 Å². The van der Waals surface area contributed by atoms with Crippen LogP contribution in [0, 0.1) is 17.8 Å². The Balaban J connectivity index is 1.49. The number of benzene rings is 1. The predicted octanol–water partition coefficient (Wildman–Crippen LogP) is 3.50. The molecule has 1 aromatic heterocycles. The molecule has 0 spiro atoms. The maximum Gasteiger partial charge on any atom is 0.188 e. The zero-order chi connectivity index (χ0) is 22.9. The molecule has 5 unspecified atom stereocenters. The van der Waals surface area contributed by atoms with Crippen molar-refractivity contribution >= 4 is 16.9 Å². The summed E-state index contributed by atoms with van der Waals surface area (Å²) < 4.78 is 0. The van der Waals surface area contributed by atoms with Crippen LogP contribution in [0.15, 0.2) is 47.5 Å². The number of allylic oxidation sites excluding steroid dienone is 1. The average Bonchev–Trinajstić information content (AvgIpc) is 3.27. The van der Waals surface area contributed by atoms with Crippen LogP contribution in [0.4, 0.5) is 0 Å². The first-order chi connectivity index (χ1) is 15.2. The van der Waals surface area contributed by atoms with E-state index < -0.39 is 11.2 Å². The van der Waals surface area contributed by atoms with Crippen LogP contribution in [0.25, 0.3) is 10.9 Å². The molecular weight excluding hydrogens is 400 g/mol. The number of rotatable bonds is 6. The highest BCUT2D eigenvalue weighted by Crippen LogP contribution is 2.54. The molecule has 6 heteroatoms. The Bertz CT molecular complexity index is 962. The number of aliphatic hydroxyl groups is 2. The van der Waals surface area contributed by atoms with E-state index in [0.717, 1.165) is 37.6 Å². The molecule has 4 rings (SSSR count). The van der Waals surface area contributed by atoms with Crippen molar-refractivity contribution in [3.63, 3.8) is 0 Å². The van der Waals surface area contributed by atoms with Gasteiger partial charge in [0.15, 0.2) is 5.96 Å². The van der Waals surface area contributed by atoms with E-state index in [2.05, 4.69) is 46.1 Å². The van der Waals surface area contributed by atoms with Crippen LogP contribution in [-0.2, 0) is 6.42 Å². The topological polar surface area (TPSA) is 107 Å². The average molecular weight is 439 g/mol. The van der Waals surface area contributed by atoms with Crippen LogP contribution < -0.4 is 11.1 Å². The largest absolute Gasteiger partial charge is 0.390 e. The van der Waals surface area contributed by atoms with Gasteiger partial charge in [0, 0.05) is 31.2 Å². The van der Waals surface area contributed by atoms with Gasteiger partial charge in [0.25, 0.3) is 0 Å². The highest BCUT2D eigenvalue weighted by molar-refractivity contribution is 5.80. The summed E-state index contributed by atoms with van der Waals surface area (Å²) in [5, 5.41) is 27.2. The number of H-pyrrole nitrogens is 1. The van der Waals surface area contributed by atoms with Crippen LogP contribution in [0.1, 0.15) is 51.1 Å². The first-order valence-corrected chi connectivity index (χ1v) is 11.9. The van der Waals surface area contributed by atoms with Crippen LogP contribution >= 0.6 is 0 Å². The third-order valence-corrected chi connectivity index (χ3v) is 8.09. The lowest BCUT2D eigenvalue weighted by Crippen LogP contribution is -2.44. The van der Waals surface area contributed by atoms with Gasteiger partial charge in [0.2, 0.25) is 0 Å². The van der Waals surface area contributed by atoms with Crippen molar-refractivity contribution in [1.29, 1.82) is 0 Å². The first-order valence-electron chi connectivity index (χ1n) is 11.9. The molecule has 1 aromatic carbocycles. The van der Waals surface area contributed by atoms with Crippen molar-refractivity contribution in [3.8, 4) is 0 Å². The van der Waals surface area contributed by atoms with E-state index in [1.807, 2.05) is 13.0 Å². The number of nitrogens with zero attached hydrogens (tertiary/aromatic N) is 1. The third-order valence-electron chi connectivity index (χ3n) is 8.09. The highest BCUT2D eigenvalue weighted by atomic mass is 16.3. The van der Waals surface area contributed by atoms with Gasteiger partial charge in [-0.3, -0.25) is 4.99 Å². The van der Waals surface area contributed by atoms with E-state index in [0.29, 0.717) is 25.3 Å². The van der Waals surface area contributed by atoms with Crippen LogP contribution in [0.3, 0.4) is 0 Å². The minimum absolute atomic E-state index is 0.0473. The van der Waals surface area contributed by atoms with Gasteiger partial charge in [-0.1, -0.05) is 30.4 Å². The second kappa shape index (κ2) is 8.91. The molecule has 0 bridgehead atoms. The Morgan fingerprint density at radius 3 is 2.78 bits per heavy atom. The Kier molecular flexibility index (Phi) is 6.37. The monoisotopic (exact) mass is 438 g/mol. The summed E-state index contributed by atoms with van der Waals surface area (Å²) in [4.78, 5) is 7.45. The summed E-state index contributed by atoms with van der Waals surface area (Å²) in [6.45, 7) is 7.00. The van der Waals surface area contributed by atoms with E-state index in [1.54, 1.807) is 7.05 Å². The predicted molar refractivity (Wildman–Crippen MR) is 130 cm³/mol. The number of hydrogen-bond acceptors (Lipinski definition) is 3. The molecule has 0 saturated heterocycles. The Hall–Kier alpha value is -2.31. The molecule has 2 aliphatic rings. The van der Waals surface area contributed by atoms with Gasteiger partial charge in [-0.15, -0.1) is 0 Å². The normalized spacial score (nSPS) is 33.1. The molecule has 2 aromatic rings. The number of aliphatic imine (C=N–C) groups is 1. The number of fused-ring (bicyclic) bond motifs is 2. The molecule has 174 valence electrons. The molecule has 5 atom stereocenters. The van der Waals surface area contributed by atoms with Crippen molar-refractivity contribution in [1.82, 2.24) is 10.3 Å². The maximum absolute atomic E-state index is 11.6. The molecule has 0 amide bonds. The zero-order valence-corrected chi connectivity index (χ0v) is 19.4. The lowest BCUT2D eigenvalue weighted by Gasteiger charge is -2.37. The molecule has 6 nitrogen and oxygen atoms in total. The van der Waals surface area contributed by atoms with Crippen molar-refractivity contribution in [2.24, 2.45) is 28.5 Å². The summed E-state index contributed by atoms with van der Waals surface area (Å²) in [7, 11) is 1.65. The minimum atomic E-state index is -0.806. The van der Waals surface area contributed by atoms with Crippen molar-refractivity contribution in [3.05, 3.63) is 48.2 Å². The minimum Gasteiger partial charge on any atom is -0.390 e. The second-order valence-electron chi connectivity index (χ2n) is 10.2. The molecule has 2 fully saturated rings. The SMILES string of the molecule is C=C(Cc1cc2ccccc2[nH]1)C1CCC(C)(O)C2CCC(O)(CCNC(N)=NC)C2C1. The lowest BCUT2D eigenvalue weighted by molar-refractivity contribution is -0.0642. The van der Waals surface area contributed by atoms with Gasteiger partial charge in [-0.2, -0.15) is 0 Å². The van der Waals surface area contributed by atoms with Crippen molar-refractivity contribution in [2.75, 3.05) is 13.6 Å². The van der Waals surface area contributed by atoms with E-state index in [-0.39, 0.29) is 17.8 Å². The summed E-state index contributed by atoms with van der Waals surface area (Å²) in [5.74, 6) is 0.824. The maximum atomic E-state index is 11.6. The van der Waals surface area contributed by atoms with E-state index in [4.69, 9.17) is 5.73 Å². The molecule has 6 N–H and O–H groups in total. The standard InChI is InChI=1S/C26H38N4O2/c1-17(14-20-15-19-6-4-5-7-23(19)30-20)18-8-10-25(2,31)21-9-11-26(32,22(21)16-18)12-13-29-24(27)28-3/h4-7,15,18,21-22,30-32H,1,8-14,16H2,2-3H3,(H3,27,28,29). The molecule has 32 heavy (non-hydrogen) atoms. The Labute approximate surface area is 191 Å². The quantitative estimate of drug-likeness (QED) is 0.270. The zero-order valence-electron chi connectivity index (χ0n) is 19.4. The van der Waals surface area contributed by atoms with E-state index in [1.165, 1.54) is 16.7 Å². The fraction of sp³-hybridized carbons (Fsp3) is 0.577. The van der Waals surface area contributed by atoms with Crippen LogP contribution in [0.5, 0.6) is 0 Å². The number of hydrogen-bond donors (Lipinski definition) is 5. The van der Waals surface area contributed by atoms with Crippen molar-refractivity contribution in [2.45, 2.75) is 63.1 Å². The van der Waals surface area contributed by atoms with Crippen molar-refractivity contribution < 1.29 is 10.2 Å². The molecular formula is C26H38N4O2. The Morgan fingerprint density at radius 1 is 1.25 bits per heavy atom. The number of para-hydroxylation sites is 1. The number of aromatic nitrogens is 1. The molecule has 2 saturated carbocycles. The smallest absolute Gasteiger partial charge is 0.188 e. The summed E-state index contributed by atoms with van der Waals surface area (Å²) in [5.41, 5.74) is 7.70.